The molecule has 0 spiro atoms. The molecule has 2 heterocycles. The Bertz CT molecular complexity index is 634. The van der Waals surface area contributed by atoms with Gasteiger partial charge in [-0.05, 0) is 55.5 Å². The highest BCUT2D eigenvalue weighted by molar-refractivity contribution is 14.1. The fraction of sp³-hybridized carbons (Fsp3) is 0.533. The van der Waals surface area contributed by atoms with Crippen LogP contribution < -0.4 is 10.1 Å². The summed E-state index contributed by atoms with van der Waals surface area (Å²) in [4.78, 5) is 21.0. The van der Waals surface area contributed by atoms with Gasteiger partial charge in [0.1, 0.15) is 15.9 Å². The zero-order valence-corrected chi connectivity index (χ0v) is 16.6. The summed E-state index contributed by atoms with van der Waals surface area (Å²) in [5.41, 5.74) is 0.191. The Morgan fingerprint density at radius 1 is 1.50 bits per heavy atom. The van der Waals surface area contributed by atoms with Gasteiger partial charge in [-0.25, -0.2) is 9.78 Å². The van der Waals surface area contributed by atoms with Crippen molar-refractivity contribution in [1.29, 1.82) is 0 Å². The van der Waals surface area contributed by atoms with Crippen LogP contribution in [0.3, 0.4) is 0 Å². The molecule has 7 nitrogen and oxygen atoms in total. The number of rotatable bonds is 5. The van der Waals surface area contributed by atoms with E-state index >= 15 is 0 Å². The zero-order valence-electron chi connectivity index (χ0n) is 13.6. The first-order valence-electron chi connectivity index (χ1n) is 7.36. The first kappa shape index (κ1) is 19.0. The molecule has 9 heteroatoms. The monoisotopic (exact) mass is 467 g/mol. The third-order valence-corrected chi connectivity index (χ3v) is 3.71. The number of amides is 1. The van der Waals surface area contributed by atoms with Gasteiger partial charge in [-0.2, -0.15) is 0 Å². The Morgan fingerprint density at radius 2 is 2.25 bits per heavy atom. The molecular formula is C15H19ClIN3O4. The van der Waals surface area contributed by atoms with Crippen LogP contribution in [0.4, 0.5) is 4.79 Å². The summed E-state index contributed by atoms with van der Waals surface area (Å²) in [7, 11) is 0. The Labute approximate surface area is 159 Å². The van der Waals surface area contributed by atoms with Gasteiger partial charge in [0, 0.05) is 6.42 Å². The number of hydrogen-bond acceptors (Lipinski definition) is 6. The van der Waals surface area contributed by atoms with Crippen LogP contribution in [0, 0.1) is 3.70 Å². The van der Waals surface area contributed by atoms with E-state index in [2.05, 4.69) is 38.0 Å². The molecule has 1 aromatic heterocycles. The number of halogens is 2. The smallest absolute Gasteiger partial charge is 0.407 e. The summed E-state index contributed by atoms with van der Waals surface area (Å²) in [6, 6.07) is 3.57. The Morgan fingerprint density at radius 3 is 2.92 bits per heavy atom. The van der Waals surface area contributed by atoms with E-state index in [1.807, 2.05) is 6.07 Å². The second-order valence-electron chi connectivity index (χ2n) is 6.18. The molecule has 1 amide bonds. The number of pyridine rings is 1. The number of ether oxygens (including phenoxy) is 2. The summed E-state index contributed by atoms with van der Waals surface area (Å²) < 4.78 is 11.6. The molecular weight excluding hydrogens is 449 g/mol. The Balaban J connectivity index is 1.72. The number of carbonyl (C=O) groups excluding carboxylic acids is 1. The highest BCUT2D eigenvalue weighted by Crippen LogP contribution is 2.23. The average Bonchev–Trinajstić information content (AvgIpc) is 2.90. The van der Waals surface area contributed by atoms with Gasteiger partial charge < -0.3 is 19.6 Å². The molecule has 1 aliphatic rings. The van der Waals surface area contributed by atoms with Crippen molar-refractivity contribution >= 4 is 46.0 Å². The van der Waals surface area contributed by atoms with Gasteiger partial charge in [-0.15, -0.1) is 0 Å². The fourth-order valence-corrected chi connectivity index (χ4v) is 2.63. The summed E-state index contributed by atoms with van der Waals surface area (Å²) in [5, 5.41) is 6.91. The molecule has 1 N–H and O–H groups in total. The van der Waals surface area contributed by atoms with E-state index in [1.54, 1.807) is 26.8 Å². The van der Waals surface area contributed by atoms with Crippen LogP contribution >= 0.6 is 34.2 Å². The third kappa shape index (κ3) is 6.31. The standard InChI is InChI=1S/C15H19ClIN3O4/c1-15(2,3)23-14(21)18-7-9-6-10(24-20-9)8-22-11-4-5-12(17)19-13(11)16/h4-5,10H,6-8H2,1-3H3,(H,18,21). The first-order valence-corrected chi connectivity index (χ1v) is 8.82. The lowest BCUT2D eigenvalue weighted by molar-refractivity contribution is 0.0470. The lowest BCUT2D eigenvalue weighted by Gasteiger charge is -2.19. The Kier molecular flexibility index (Phi) is 6.50. The normalized spacial score (nSPS) is 17.0. The van der Waals surface area contributed by atoms with Crippen molar-refractivity contribution in [3.05, 3.63) is 21.0 Å². The largest absolute Gasteiger partial charge is 0.486 e. The van der Waals surface area contributed by atoms with E-state index in [4.69, 9.17) is 25.9 Å². The van der Waals surface area contributed by atoms with E-state index < -0.39 is 11.7 Å². The summed E-state index contributed by atoms with van der Waals surface area (Å²) in [6.07, 6.45) is -0.150. The van der Waals surface area contributed by atoms with Crippen LogP contribution in [0.2, 0.25) is 5.15 Å². The van der Waals surface area contributed by atoms with E-state index in [-0.39, 0.29) is 12.6 Å². The number of alkyl carbamates (subject to hydrolysis) is 1. The molecule has 0 saturated heterocycles. The molecule has 0 saturated carbocycles. The van der Waals surface area contributed by atoms with Crippen molar-refractivity contribution in [2.45, 2.75) is 38.9 Å². The predicted molar refractivity (Wildman–Crippen MR) is 98.6 cm³/mol. The summed E-state index contributed by atoms with van der Waals surface area (Å²) >= 11 is 8.08. The number of aromatic nitrogens is 1. The van der Waals surface area contributed by atoms with Crippen LogP contribution in [0.1, 0.15) is 27.2 Å². The molecule has 1 aromatic rings. The van der Waals surface area contributed by atoms with Crippen molar-refractivity contribution in [3.63, 3.8) is 0 Å². The van der Waals surface area contributed by atoms with E-state index in [0.717, 1.165) is 9.41 Å². The molecule has 0 fully saturated rings. The minimum absolute atomic E-state index is 0.226. The molecule has 0 aromatic carbocycles. The minimum Gasteiger partial charge on any atom is -0.486 e. The molecule has 0 radical (unpaired) electrons. The van der Waals surface area contributed by atoms with E-state index in [0.29, 0.717) is 23.9 Å². The molecule has 132 valence electrons. The van der Waals surface area contributed by atoms with Gasteiger partial charge in [-0.1, -0.05) is 16.8 Å². The quantitative estimate of drug-likeness (QED) is 0.530. The number of hydrogen-bond donors (Lipinski definition) is 1. The zero-order chi connectivity index (χ0) is 17.7. The summed E-state index contributed by atoms with van der Waals surface area (Å²) in [5.74, 6) is 0.501. The van der Waals surface area contributed by atoms with Crippen molar-refractivity contribution in [2.24, 2.45) is 5.16 Å². The molecule has 0 aliphatic carbocycles. The minimum atomic E-state index is -0.532. The van der Waals surface area contributed by atoms with Crippen LogP contribution in [-0.2, 0) is 9.57 Å². The number of nitrogens with zero attached hydrogens (tertiary/aromatic N) is 2. The molecule has 1 aliphatic heterocycles. The van der Waals surface area contributed by atoms with E-state index in [1.165, 1.54) is 0 Å². The van der Waals surface area contributed by atoms with Crippen LogP contribution in [0.15, 0.2) is 17.3 Å². The van der Waals surface area contributed by atoms with Gasteiger partial charge in [0.15, 0.2) is 17.0 Å². The van der Waals surface area contributed by atoms with Crippen molar-refractivity contribution in [3.8, 4) is 5.75 Å². The van der Waals surface area contributed by atoms with Crippen LogP contribution in [0.5, 0.6) is 5.75 Å². The van der Waals surface area contributed by atoms with E-state index in [9.17, 15) is 4.79 Å². The summed E-state index contributed by atoms with van der Waals surface area (Å²) in [6.45, 7) is 5.99. The van der Waals surface area contributed by atoms with Crippen molar-refractivity contribution in [1.82, 2.24) is 10.3 Å². The van der Waals surface area contributed by atoms with Gasteiger partial charge in [0.2, 0.25) is 0 Å². The SMILES string of the molecule is CC(C)(C)OC(=O)NCC1=NOC(COc2ccc(I)nc2Cl)C1. The second kappa shape index (κ2) is 8.19. The molecule has 24 heavy (non-hydrogen) atoms. The molecule has 1 unspecified atom stereocenters. The van der Waals surface area contributed by atoms with Gasteiger partial charge in [0.25, 0.3) is 0 Å². The maximum Gasteiger partial charge on any atom is 0.407 e. The van der Waals surface area contributed by atoms with Gasteiger partial charge >= 0.3 is 6.09 Å². The van der Waals surface area contributed by atoms with Crippen molar-refractivity contribution < 1.29 is 19.1 Å². The predicted octanol–water partition coefficient (Wildman–Crippen LogP) is 3.39. The first-order chi connectivity index (χ1) is 11.2. The Hall–Kier alpha value is -1.29. The lowest BCUT2D eigenvalue weighted by Crippen LogP contribution is -2.35. The second-order valence-corrected chi connectivity index (χ2v) is 7.64. The number of oxime groups is 1. The molecule has 2 rings (SSSR count). The van der Waals surface area contributed by atoms with Crippen LogP contribution in [0.25, 0.3) is 0 Å². The molecule has 1 atom stereocenters. The number of carbonyl (C=O) groups is 1. The highest BCUT2D eigenvalue weighted by atomic mass is 127. The molecule has 0 bridgehead atoms. The number of nitrogens with one attached hydrogen (secondary N) is 1. The van der Waals surface area contributed by atoms with Crippen LogP contribution in [-0.4, -0.2) is 41.6 Å². The van der Waals surface area contributed by atoms with Crippen molar-refractivity contribution in [2.75, 3.05) is 13.2 Å². The highest BCUT2D eigenvalue weighted by Gasteiger charge is 2.23. The lowest BCUT2D eigenvalue weighted by atomic mass is 10.2. The maximum atomic E-state index is 11.6. The topological polar surface area (TPSA) is 82.0 Å². The average molecular weight is 468 g/mol. The third-order valence-electron chi connectivity index (χ3n) is 2.84. The van der Waals surface area contributed by atoms with Gasteiger partial charge in [0.05, 0.1) is 12.3 Å². The maximum absolute atomic E-state index is 11.6. The fourth-order valence-electron chi connectivity index (χ4n) is 1.86. The van der Waals surface area contributed by atoms with Gasteiger partial charge in [-0.3, -0.25) is 0 Å².